The minimum Gasteiger partial charge on any atom is -0.490 e. The first-order chi connectivity index (χ1) is 15.9. The summed E-state index contributed by atoms with van der Waals surface area (Å²) in [7, 11) is 0. The lowest BCUT2D eigenvalue weighted by molar-refractivity contribution is 0.0526. The molecule has 0 amide bonds. The lowest BCUT2D eigenvalue weighted by Crippen LogP contribution is -2.06. The van der Waals surface area contributed by atoms with E-state index < -0.39 is 0 Å². The highest BCUT2D eigenvalue weighted by Gasteiger charge is 2.15. The molecule has 1 N–H and O–H groups in total. The van der Waals surface area contributed by atoms with Crippen molar-refractivity contribution in [3.8, 4) is 11.5 Å². The Labute approximate surface area is 208 Å². The largest absolute Gasteiger partial charge is 0.490 e. The molecule has 8 heteroatoms. The van der Waals surface area contributed by atoms with Gasteiger partial charge >= 0.3 is 5.97 Å². The van der Waals surface area contributed by atoms with E-state index >= 15 is 0 Å². The molecule has 0 saturated heterocycles. The number of esters is 1. The number of carbonyl (C=O) groups is 1. The van der Waals surface area contributed by atoms with E-state index in [0.29, 0.717) is 57.5 Å². The lowest BCUT2D eigenvalue weighted by atomic mass is 10.1. The van der Waals surface area contributed by atoms with Gasteiger partial charge in [0.2, 0.25) is 0 Å². The third-order valence-corrected chi connectivity index (χ3v) is 5.67. The second kappa shape index (κ2) is 12.0. The van der Waals surface area contributed by atoms with Crippen LogP contribution >= 0.6 is 34.8 Å². The normalized spacial score (nSPS) is 10.6. The van der Waals surface area contributed by atoms with E-state index in [2.05, 4.69) is 5.32 Å². The molecule has 0 aliphatic rings. The van der Waals surface area contributed by atoms with Crippen LogP contribution in [0.5, 0.6) is 11.5 Å². The number of halogens is 3. The molecule has 3 aromatic carbocycles. The molecule has 3 rings (SSSR count). The molecule has 0 spiro atoms. The third kappa shape index (κ3) is 6.70. The van der Waals surface area contributed by atoms with Crippen LogP contribution in [0.1, 0.15) is 35.3 Å². The van der Waals surface area contributed by atoms with Crippen LogP contribution in [0.25, 0.3) is 0 Å². The fourth-order valence-corrected chi connectivity index (χ4v) is 3.88. The van der Waals surface area contributed by atoms with E-state index in [1.54, 1.807) is 37.3 Å². The molecule has 0 aliphatic heterocycles. The van der Waals surface area contributed by atoms with Crippen LogP contribution < -0.4 is 14.8 Å². The molecule has 0 aromatic heterocycles. The molecule has 174 valence electrons. The molecule has 0 atom stereocenters. The van der Waals surface area contributed by atoms with Crippen LogP contribution in [0, 0.1) is 0 Å². The lowest BCUT2D eigenvalue weighted by Gasteiger charge is -2.17. The minimum absolute atomic E-state index is 0.155. The van der Waals surface area contributed by atoms with Crippen molar-refractivity contribution in [3.05, 3.63) is 86.4 Å². The van der Waals surface area contributed by atoms with Crippen molar-refractivity contribution in [1.29, 1.82) is 0 Å². The first kappa shape index (κ1) is 25.0. The Morgan fingerprint density at radius 3 is 2.21 bits per heavy atom. The SMILES string of the molecule is CCOC(=O)c1ccc(NCc2cc(Cl)c(OCc3c(Cl)cccc3Cl)c(OCC)c2)cc1. The van der Waals surface area contributed by atoms with Gasteiger partial charge in [0.25, 0.3) is 0 Å². The Bertz CT molecular complexity index is 1080. The summed E-state index contributed by atoms with van der Waals surface area (Å²) in [6.07, 6.45) is 0. The van der Waals surface area contributed by atoms with Crippen molar-refractivity contribution in [2.75, 3.05) is 18.5 Å². The van der Waals surface area contributed by atoms with Crippen molar-refractivity contribution < 1.29 is 19.0 Å². The van der Waals surface area contributed by atoms with Gasteiger partial charge in [0.05, 0.1) is 23.8 Å². The van der Waals surface area contributed by atoms with E-state index in [4.69, 9.17) is 49.0 Å². The molecule has 0 radical (unpaired) electrons. The summed E-state index contributed by atoms with van der Waals surface area (Å²) < 4.78 is 16.7. The summed E-state index contributed by atoms with van der Waals surface area (Å²) in [5.74, 6) is 0.616. The molecule has 0 aliphatic carbocycles. The summed E-state index contributed by atoms with van der Waals surface area (Å²) in [6, 6.07) is 16.1. The number of benzene rings is 3. The smallest absolute Gasteiger partial charge is 0.338 e. The number of anilines is 1. The second-order valence-corrected chi connectivity index (χ2v) is 8.20. The summed E-state index contributed by atoms with van der Waals surface area (Å²) in [5, 5.41) is 4.76. The van der Waals surface area contributed by atoms with E-state index in [0.717, 1.165) is 11.3 Å². The van der Waals surface area contributed by atoms with Crippen LogP contribution in [-0.4, -0.2) is 19.2 Å². The quantitative estimate of drug-likeness (QED) is 0.289. The van der Waals surface area contributed by atoms with Crippen molar-refractivity contribution in [2.45, 2.75) is 27.0 Å². The maximum absolute atomic E-state index is 11.8. The third-order valence-electron chi connectivity index (χ3n) is 4.68. The van der Waals surface area contributed by atoms with E-state index in [9.17, 15) is 4.79 Å². The first-order valence-electron chi connectivity index (χ1n) is 10.4. The van der Waals surface area contributed by atoms with E-state index in [1.165, 1.54) is 0 Å². The van der Waals surface area contributed by atoms with Gasteiger partial charge in [-0.25, -0.2) is 4.79 Å². The zero-order valence-corrected chi connectivity index (χ0v) is 20.6. The van der Waals surface area contributed by atoms with Crippen LogP contribution in [-0.2, 0) is 17.9 Å². The summed E-state index contributed by atoms with van der Waals surface area (Å²) in [5.41, 5.74) is 2.94. The van der Waals surface area contributed by atoms with Crippen LogP contribution in [0.15, 0.2) is 54.6 Å². The molecular formula is C25H24Cl3NO4. The molecule has 0 fully saturated rings. The van der Waals surface area contributed by atoms with Crippen LogP contribution in [0.2, 0.25) is 15.1 Å². The molecule has 3 aromatic rings. The van der Waals surface area contributed by atoms with Crippen LogP contribution in [0.3, 0.4) is 0 Å². The first-order valence-corrected chi connectivity index (χ1v) is 11.6. The maximum atomic E-state index is 11.8. The van der Waals surface area contributed by atoms with E-state index in [-0.39, 0.29) is 12.6 Å². The standard InChI is InChI=1S/C25H24Cl3NO4/c1-3-31-23-13-16(14-29-18-10-8-17(9-11-18)25(30)32-4-2)12-22(28)24(23)33-15-19-20(26)6-5-7-21(19)27/h5-13,29H,3-4,14-15H2,1-2H3. The minimum atomic E-state index is -0.342. The van der Waals surface area contributed by atoms with E-state index in [1.807, 2.05) is 31.2 Å². The van der Waals surface area contributed by atoms with Crippen molar-refractivity contribution in [2.24, 2.45) is 0 Å². The number of rotatable bonds is 10. The molecule has 33 heavy (non-hydrogen) atoms. The summed E-state index contributed by atoms with van der Waals surface area (Å²) in [4.78, 5) is 11.8. The topological polar surface area (TPSA) is 56.8 Å². The highest BCUT2D eigenvalue weighted by molar-refractivity contribution is 6.36. The Balaban J connectivity index is 1.72. The van der Waals surface area contributed by atoms with Gasteiger partial charge in [-0.1, -0.05) is 40.9 Å². The zero-order chi connectivity index (χ0) is 23.8. The number of nitrogens with one attached hydrogen (secondary N) is 1. The van der Waals surface area contributed by atoms with Crippen LogP contribution in [0.4, 0.5) is 5.69 Å². The molecular weight excluding hydrogens is 485 g/mol. The molecule has 0 saturated carbocycles. The Morgan fingerprint density at radius 1 is 0.879 bits per heavy atom. The number of carbonyl (C=O) groups excluding carboxylic acids is 1. The zero-order valence-electron chi connectivity index (χ0n) is 18.3. The Hall–Kier alpha value is -2.60. The van der Waals surface area contributed by atoms with Gasteiger partial charge in [-0.3, -0.25) is 0 Å². The Morgan fingerprint density at radius 2 is 1.58 bits per heavy atom. The number of hydrogen-bond donors (Lipinski definition) is 1. The average Bonchev–Trinajstić information content (AvgIpc) is 2.79. The highest BCUT2D eigenvalue weighted by atomic mass is 35.5. The van der Waals surface area contributed by atoms with Gasteiger partial charge in [0.15, 0.2) is 11.5 Å². The van der Waals surface area contributed by atoms with Gasteiger partial charge < -0.3 is 19.5 Å². The molecule has 0 unspecified atom stereocenters. The predicted molar refractivity (Wildman–Crippen MR) is 133 cm³/mol. The monoisotopic (exact) mass is 507 g/mol. The van der Waals surface area contributed by atoms with Gasteiger partial charge in [-0.2, -0.15) is 0 Å². The fraction of sp³-hybridized carbons (Fsp3) is 0.240. The molecule has 0 bridgehead atoms. The molecule has 0 heterocycles. The summed E-state index contributed by atoms with van der Waals surface area (Å²) >= 11 is 19.0. The Kier molecular flexibility index (Phi) is 9.12. The maximum Gasteiger partial charge on any atom is 0.338 e. The van der Waals surface area contributed by atoms with Crippen molar-refractivity contribution in [3.63, 3.8) is 0 Å². The number of hydrogen-bond acceptors (Lipinski definition) is 5. The van der Waals surface area contributed by atoms with Crippen molar-refractivity contribution in [1.82, 2.24) is 0 Å². The van der Waals surface area contributed by atoms with Gasteiger partial charge in [0, 0.05) is 27.8 Å². The predicted octanol–water partition coefficient (Wildman–Crippen LogP) is 7.41. The van der Waals surface area contributed by atoms with Crippen molar-refractivity contribution >= 4 is 46.5 Å². The van der Waals surface area contributed by atoms with Gasteiger partial charge in [-0.05, 0) is 67.9 Å². The fourth-order valence-electron chi connectivity index (χ4n) is 3.08. The van der Waals surface area contributed by atoms with Gasteiger partial charge in [-0.15, -0.1) is 0 Å². The van der Waals surface area contributed by atoms with Gasteiger partial charge in [0.1, 0.15) is 6.61 Å². The highest BCUT2D eigenvalue weighted by Crippen LogP contribution is 2.38. The molecule has 5 nitrogen and oxygen atoms in total. The second-order valence-electron chi connectivity index (χ2n) is 6.98. The average molecular weight is 509 g/mol. The number of ether oxygens (including phenoxy) is 3. The summed E-state index contributed by atoms with van der Waals surface area (Å²) in [6.45, 7) is 5.10.